The van der Waals surface area contributed by atoms with Crippen molar-refractivity contribution in [2.45, 2.75) is 122 Å². The number of carbonyl (C=O) groups is 2. The van der Waals surface area contributed by atoms with Crippen LogP contribution in [0.2, 0.25) is 0 Å². The van der Waals surface area contributed by atoms with E-state index in [0.29, 0.717) is 30.6 Å². The van der Waals surface area contributed by atoms with E-state index < -0.39 is 24.2 Å². The zero-order valence-electron chi connectivity index (χ0n) is 28.5. The zero-order valence-corrected chi connectivity index (χ0v) is 28.5. The van der Waals surface area contributed by atoms with Crippen LogP contribution in [0.5, 0.6) is 5.75 Å². The van der Waals surface area contributed by atoms with E-state index in [0.717, 1.165) is 42.6 Å². The molecule has 0 aliphatic rings. The summed E-state index contributed by atoms with van der Waals surface area (Å²) in [5.74, 6) is -1.38. The molecule has 3 aromatic rings. The largest absolute Gasteiger partial charge is 0.494 e. The highest BCUT2D eigenvalue weighted by atomic mass is 19.4. The number of rotatable bonds is 22. The molecule has 0 amide bonds. The lowest BCUT2D eigenvalue weighted by atomic mass is 9.92. The number of esters is 1. The van der Waals surface area contributed by atoms with E-state index in [2.05, 4.69) is 6.92 Å². The van der Waals surface area contributed by atoms with Crippen molar-refractivity contribution in [3.05, 3.63) is 77.9 Å². The van der Waals surface area contributed by atoms with Gasteiger partial charge in [0.05, 0.1) is 17.7 Å². The second-order valence-corrected chi connectivity index (χ2v) is 12.5. The number of halogens is 3. The van der Waals surface area contributed by atoms with Crippen LogP contribution in [-0.2, 0) is 4.74 Å². The van der Waals surface area contributed by atoms with Crippen molar-refractivity contribution in [1.82, 2.24) is 0 Å². The van der Waals surface area contributed by atoms with E-state index in [4.69, 9.17) is 9.47 Å². The van der Waals surface area contributed by atoms with Gasteiger partial charge in [0.25, 0.3) is 0 Å². The number of carboxylic acids is 1. The van der Waals surface area contributed by atoms with Crippen molar-refractivity contribution in [1.29, 1.82) is 0 Å². The zero-order chi connectivity index (χ0) is 34.8. The highest BCUT2D eigenvalue weighted by Gasteiger charge is 2.42. The van der Waals surface area contributed by atoms with Gasteiger partial charge >= 0.3 is 18.1 Å². The van der Waals surface area contributed by atoms with Gasteiger partial charge in [-0.3, -0.25) is 0 Å². The van der Waals surface area contributed by atoms with E-state index in [1.807, 2.05) is 31.2 Å². The van der Waals surface area contributed by atoms with Crippen molar-refractivity contribution in [2.24, 2.45) is 0 Å². The fourth-order valence-electron chi connectivity index (χ4n) is 5.71. The lowest BCUT2D eigenvalue weighted by Crippen LogP contribution is -2.33. The second-order valence-electron chi connectivity index (χ2n) is 12.5. The molecule has 0 saturated carbocycles. The molecule has 0 radical (unpaired) electrons. The quantitative estimate of drug-likeness (QED) is 0.0852. The Morgan fingerprint density at radius 2 is 1.15 bits per heavy atom. The number of benzene rings is 3. The number of hydrogen-bond acceptors (Lipinski definition) is 4. The van der Waals surface area contributed by atoms with E-state index in [1.165, 1.54) is 69.6 Å². The molecule has 0 heterocycles. The van der Waals surface area contributed by atoms with Crippen molar-refractivity contribution < 1.29 is 37.3 Å². The average molecular weight is 669 g/mol. The highest BCUT2D eigenvalue weighted by molar-refractivity contribution is 5.94. The Labute approximate surface area is 283 Å². The van der Waals surface area contributed by atoms with Crippen LogP contribution >= 0.6 is 0 Å². The van der Waals surface area contributed by atoms with Gasteiger partial charge < -0.3 is 14.6 Å². The van der Waals surface area contributed by atoms with Crippen molar-refractivity contribution >= 4 is 11.9 Å². The molecule has 0 bridgehead atoms. The number of aromatic carboxylic acids is 1. The predicted molar refractivity (Wildman–Crippen MR) is 186 cm³/mol. The van der Waals surface area contributed by atoms with Gasteiger partial charge in [0.15, 0.2) is 6.10 Å². The first-order valence-electron chi connectivity index (χ1n) is 17.6. The predicted octanol–water partition coefficient (Wildman–Crippen LogP) is 12.1. The molecule has 1 atom stereocenters. The number of unbranched alkanes of at least 4 members (excludes halogenated alkanes) is 12. The van der Waals surface area contributed by atoms with Gasteiger partial charge in [-0.1, -0.05) is 121 Å². The van der Waals surface area contributed by atoms with Crippen LogP contribution in [0.25, 0.3) is 22.3 Å². The minimum absolute atomic E-state index is 0.0126. The van der Waals surface area contributed by atoms with Crippen molar-refractivity contribution in [2.75, 3.05) is 6.61 Å². The molecular formula is C40H51F3O5. The van der Waals surface area contributed by atoms with Crippen LogP contribution in [0, 0.1) is 0 Å². The van der Waals surface area contributed by atoms with E-state index >= 15 is 0 Å². The van der Waals surface area contributed by atoms with Crippen LogP contribution in [-0.4, -0.2) is 35.9 Å². The molecule has 1 unspecified atom stereocenters. The molecule has 48 heavy (non-hydrogen) atoms. The van der Waals surface area contributed by atoms with Gasteiger partial charge in [0, 0.05) is 0 Å². The summed E-state index contributed by atoms with van der Waals surface area (Å²) in [7, 11) is 0. The number of carboxylic acid groups (broad SMARTS) is 1. The Balaban J connectivity index is 1.63. The normalized spacial score (nSPS) is 12.1. The standard InChI is InChI=1S/C40H51F3O5/c1-3-5-7-9-10-11-12-13-14-16-28-47-34-25-22-30(23-26-34)35-27-24-33(38(44)45)29-36(35)31-18-20-32(21-19-31)39(46)48-37(40(41,42)43)17-15-8-6-4-2/h18-27,29,37H,3-17,28H2,1-2H3,(H,44,45). The Hall–Kier alpha value is -3.81. The Morgan fingerprint density at radius 1 is 0.646 bits per heavy atom. The van der Waals surface area contributed by atoms with Gasteiger partial charge in [-0.05, 0) is 77.9 Å². The lowest BCUT2D eigenvalue weighted by Gasteiger charge is -2.21. The summed E-state index contributed by atoms with van der Waals surface area (Å²) >= 11 is 0. The number of alkyl halides is 3. The smallest absolute Gasteiger partial charge is 0.425 e. The monoisotopic (exact) mass is 668 g/mol. The molecular weight excluding hydrogens is 617 g/mol. The minimum atomic E-state index is -4.65. The maximum absolute atomic E-state index is 13.6. The van der Waals surface area contributed by atoms with Gasteiger partial charge in [-0.25, -0.2) is 9.59 Å². The highest BCUT2D eigenvalue weighted by Crippen LogP contribution is 2.35. The summed E-state index contributed by atoms with van der Waals surface area (Å²) in [6, 6.07) is 18.4. The molecule has 1 N–H and O–H groups in total. The Morgan fingerprint density at radius 3 is 1.71 bits per heavy atom. The van der Waals surface area contributed by atoms with Gasteiger partial charge in [0.1, 0.15) is 5.75 Å². The van der Waals surface area contributed by atoms with E-state index in [-0.39, 0.29) is 17.5 Å². The van der Waals surface area contributed by atoms with Gasteiger partial charge in [-0.2, -0.15) is 13.2 Å². The summed E-state index contributed by atoms with van der Waals surface area (Å²) in [5, 5.41) is 9.65. The third-order valence-corrected chi connectivity index (χ3v) is 8.56. The Bertz CT molecular complexity index is 1380. The lowest BCUT2D eigenvalue weighted by molar-refractivity contribution is -0.206. The maximum atomic E-state index is 13.6. The third-order valence-electron chi connectivity index (χ3n) is 8.56. The van der Waals surface area contributed by atoms with Crippen LogP contribution in [0.15, 0.2) is 66.7 Å². The number of carbonyl (C=O) groups excluding carboxylic acids is 1. The van der Waals surface area contributed by atoms with Crippen LogP contribution in [0.3, 0.4) is 0 Å². The van der Waals surface area contributed by atoms with Gasteiger partial charge in [-0.15, -0.1) is 0 Å². The average Bonchev–Trinajstić information content (AvgIpc) is 3.08. The summed E-state index contributed by atoms with van der Waals surface area (Å²) in [5.41, 5.74) is 2.90. The summed E-state index contributed by atoms with van der Waals surface area (Å²) in [6.07, 6.45) is 8.15. The molecule has 0 aliphatic heterocycles. The molecule has 0 spiro atoms. The van der Waals surface area contributed by atoms with Crippen molar-refractivity contribution in [3.8, 4) is 28.0 Å². The molecule has 3 aromatic carbocycles. The fourth-order valence-corrected chi connectivity index (χ4v) is 5.71. The summed E-state index contributed by atoms with van der Waals surface area (Å²) < 4.78 is 51.5. The molecule has 0 fully saturated rings. The fraction of sp³-hybridized carbons (Fsp3) is 0.500. The molecule has 0 saturated heterocycles. The molecule has 0 aliphatic carbocycles. The SMILES string of the molecule is CCCCCCCCCCCCOc1ccc(-c2ccc(C(=O)O)cc2-c2ccc(C(=O)OC(CCCCCC)C(F)(F)F)cc2)cc1. The summed E-state index contributed by atoms with van der Waals surface area (Å²) in [6.45, 7) is 4.85. The maximum Gasteiger partial charge on any atom is 0.425 e. The molecule has 8 heteroatoms. The summed E-state index contributed by atoms with van der Waals surface area (Å²) in [4.78, 5) is 24.5. The second kappa shape index (κ2) is 20.5. The van der Waals surface area contributed by atoms with E-state index in [9.17, 15) is 27.9 Å². The molecule has 5 nitrogen and oxygen atoms in total. The first-order chi connectivity index (χ1) is 23.1. The molecule has 262 valence electrons. The Kier molecular flexibility index (Phi) is 16.5. The van der Waals surface area contributed by atoms with E-state index in [1.54, 1.807) is 24.3 Å². The number of hydrogen-bond donors (Lipinski definition) is 1. The van der Waals surface area contributed by atoms with Crippen molar-refractivity contribution in [3.63, 3.8) is 0 Å². The topological polar surface area (TPSA) is 72.8 Å². The molecule has 3 rings (SSSR count). The van der Waals surface area contributed by atoms with Crippen LogP contribution in [0.4, 0.5) is 13.2 Å². The van der Waals surface area contributed by atoms with Crippen LogP contribution in [0.1, 0.15) is 131 Å². The first-order valence-corrected chi connectivity index (χ1v) is 17.6. The third kappa shape index (κ3) is 13.0. The number of ether oxygens (including phenoxy) is 2. The van der Waals surface area contributed by atoms with Crippen LogP contribution < -0.4 is 4.74 Å². The minimum Gasteiger partial charge on any atom is -0.494 e. The van der Waals surface area contributed by atoms with Gasteiger partial charge in [0.2, 0.25) is 0 Å². The first kappa shape index (κ1) is 38.6. The molecule has 0 aromatic heterocycles.